The third kappa shape index (κ3) is 4.86. The number of hydrogen-bond acceptors (Lipinski definition) is 4. The van der Waals surface area contributed by atoms with Crippen LogP contribution in [-0.2, 0) is 9.53 Å². The molecule has 0 spiro atoms. The topological polar surface area (TPSA) is 52.6 Å². The van der Waals surface area contributed by atoms with E-state index in [9.17, 15) is 22.8 Å². The number of benzene rings is 1. The summed E-state index contributed by atoms with van der Waals surface area (Å²) in [7, 11) is 0. The van der Waals surface area contributed by atoms with Crippen LogP contribution in [0.5, 0.6) is 5.75 Å². The van der Waals surface area contributed by atoms with Crippen LogP contribution in [0.15, 0.2) is 24.3 Å². The van der Waals surface area contributed by atoms with Crippen molar-refractivity contribution in [2.75, 3.05) is 13.2 Å². The van der Waals surface area contributed by atoms with Crippen molar-refractivity contribution >= 4 is 12.3 Å². The predicted octanol–water partition coefficient (Wildman–Crippen LogP) is 1.98. The molecule has 0 saturated carbocycles. The molecule has 1 aromatic rings. The molecule has 0 aromatic heterocycles. The van der Waals surface area contributed by atoms with Gasteiger partial charge in [0.15, 0.2) is 19.5 Å². The number of halogens is 3. The average molecular weight is 262 g/mol. The lowest BCUT2D eigenvalue weighted by atomic mass is 10.2. The van der Waals surface area contributed by atoms with Gasteiger partial charge in [-0.2, -0.15) is 13.2 Å². The quantitative estimate of drug-likeness (QED) is 0.601. The SMILES string of the molecule is O=Cc1ccccc1OCC(=O)OCC(F)(F)F. The number of aldehydes is 1. The second-order valence-corrected chi connectivity index (χ2v) is 3.22. The van der Waals surface area contributed by atoms with Gasteiger partial charge in [-0.1, -0.05) is 12.1 Å². The zero-order chi connectivity index (χ0) is 13.6. The smallest absolute Gasteiger partial charge is 0.422 e. The lowest BCUT2D eigenvalue weighted by Gasteiger charge is -2.09. The summed E-state index contributed by atoms with van der Waals surface area (Å²) >= 11 is 0. The van der Waals surface area contributed by atoms with Crippen molar-refractivity contribution in [2.45, 2.75) is 6.18 Å². The molecular formula is C11H9F3O4. The third-order valence-electron chi connectivity index (χ3n) is 1.79. The summed E-state index contributed by atoms with van der Waals surface area (Å²) < 4.78 is 44.0. The van der Waals surface area contributed by atoms with E-state index < -0.39 is 25.4 Å². The second kappa shape index (κ2) is 6.04. The first-order valence-corrected chi connectivity index (χ1v) is 4.82. The fourth-order valence-corrected chi connectivity index (χ4v) is 1.05. The number of para-hydroxylation sites is 1. The van der Waals surface area contributed by atoms with Gasteiger partial charge in [0.25, 0.3) is 0 Å². The fraction of sp³-hybridized carbons (Fsp3) is 0.273. The number of carbonyl (C=O) groups is 2. The lowest BCUT2D eigenvalue weighted by Crippen LogP contribution is -2.23. The largest absolute Gasteiger partial charge is 0.481 e. The standard InChI is InChI=1S/C11H9F3O4/c12-11(13,14)7-18-10(16)6-17-9-4-2-1-3-8(9)5-15/h1-5H,6-7H2. The van der Waals surface area contributed by atoms with Crippen LogP contribution in [-0.4, -0.2) is 31.6 Å². The van der Waals surface area contributed by atoms with Gasteiger partial charge in [-0.05, 0) is 12.1 Å². The Kier molecular flexibility index (Phi) is 4.70. The van der Waals surface area contributed by atoms with Crippen molar-refractivity contribution in [2.24, 2.45) is 0 Å². The molecule has 0 aliphatic rings. The first-order valence-electron chi connectivity index (χ1n) is 4.82. The molecule has 0 bridgehead atoms. The Morgan fingerprint density at radius 3 is 2.56 bits per heavy atom. The molecule has 0 atom stereocenters. The number of hydrogen-bond donors (Lipinski definition) is 0. The monoisotopic (exact) mass is 262 g/mol. The van der Waals surface area contributed by atoms with E-state index in [-0.39, 0.29) is 11.3 Å². The van der Waals surface area contributed by atoms with Crippen LogP contribution in [0.2, 0.25) is 0 Å². The average Bonchev–Trinajstić information content (AvgIpc) is 2.33. The maximum Gasteiger partial charge on any atom is 0.422 e. The van der Waals surface area contributed by atoms with Crippen molar-refractivity contribution in [3.8, 4) is 5.75 Å². The fourth-order valence-electron chi connectivity index (χ4n) is 1.05. The summed E-state index contributed by atoms with van der Waals surface area (Å²) in [4.78, 5) is 21.5. The summed E-state index contributed by atoms with van der Waals surface area (Å²) in [6.07, 6.45) is -4.06. The summed E-state index contributed by atoms with van der Waals surface area (Å²) in [5.41, 5.74) is 0.195. The number of ether oxygens (including phenoxy) is 2. The highest BCUT2D eigenvalue weighted by atomic mass is 19.4. The molecule has 0 aliphatic carbocycles. The molecule has 0 amide bonds. The third-order valence-corrected chi connectivity index (χ3v) is 1.79. The maximum atomic E-state index is 11.7. The Hall–Kier alpha value is -2.05. The molecule has 0 heterocycles. The van der Waals surface area contributed by atoms with Gasteiger partial charge in [-0.15, -0.1) is 0 Å². The minimum absolute atomic E-state index is 0.108. The molecule has 18 heavy (non-hydrogen) atoms. The number of alkyl halides is 3. The molecule has 0 saturated heterocycles. The van der Waals surface area contributed by atoms with Crippen LogP contribution in [0.1, 0.15) is 10.4 Å². The van der Waals surface area contributed by atoms with Gasteiger partial charge < -0.3 is 9.47 Å². The molecule has 0 radical (unpaired) electrons. The molecule has 7 heteroatoms. The summed E-state index contributed by atoms with van der Waals surface area (Å²) in [6, 6.07) is 6.01. The van der Waals surface area contributed by atoms with E-state index in [1.807, 2.05) is 0 Å². The lowest BCUT2D eigenvalue weighted by molar-refractivity contribution is -0.187. The summed E-state index contributed by atoms with van der Waals surface area (Å²) in [5, 5.41) is 0. The van der Waals surface area contributed by atoms with Crippen molar-refractivity contribution in [1.29, 1.82) is 0 Å². The molecule has 0 N–H and O–H groups in total. The summed E-state index contributed by atoms with van der Waals surface area (Å²) in [6.45, 7) is -2.36. The second-order valence-electron chi connectivity index (χ2n) is 3.22. The van der Waals surface area contributed by atoms with Gasteiger partial charge in [-0.3, -0.25) is 4.79 Å². The van der Waals surface area contributed by atoms with Gasteiger partial charge in [-0.25, -0.2) is 4.79 Å². The Morgan fingerprint density at radius 2 is 1.94 bits per heavy atom. The minimum Gasteiger partial charge on any atom is -0.481 e. The first kappa shape index (κ1) is 14.0. The van der Waals surface area contributed by atoms with Crippen LogP contribution in [0, 0.1) is 0 Å². The number of carbonyl (C=O) groups excluding carboxylic acids is 2. The van der Waals surface area contributed by atoms with E-state index in [0.29, 0.717) is 6.29 Å². The zero-order valence-corrected chi connectivity index (χ0v) is 9.07. The van der Waals surface area contributed by atoms with E-state index in [0.717, 1.165) is 0 Å². The van der Waals surface area contributed by atoms with Gasteiger partial charge in [0.2, 0.25) is 0 Å². The Bertz CT molecular complexity index is 429. The van der Waals surface area contributed by atoms with E-state index >= 15 is 0 Å². The minimum atomic E-state index is -4.57. The molecule has 98 valence electrons. The van der Waals surface area contributed by atoms with Crippen LogP contribution in [0.25, 0.3) is 0 Å². The highest BCUT2D eigenvalue weighted by Gasteiger charge is 2.29. The van der Waals surface area contributed by atoms with Gasteiger partial charge >= 0.3 is 12.1 Å². The van der Waals surface area contributed by atoms with E-state index in [2.05, 4.69) is 4.74 Å². The predicted molar refractivity (Wildman–Crippen MR) is 54.3 cm³/mol. The molecule has 0 aliphatic heterocycles. The van der Waals surface area contributed by atoms with Gasteiger partial charge in [0, 0.05) is 0 Å². The molecule has 4 nitrogen and oxygen atoms in total. The molecule has 1 aromatic carbocycles. The summed E-state index contributed by atoms with van der Waals surface area (Å²) in [5.74, 6) is -1.05. The maximum absolute atomic E-state index is 11.7. The van der Waals surface area contributed by atoms with Crippen molar-refractivity contribution in [3.63, 3.8) is 0 Å². The Labute approximate surface area is 100 Å². The highest BCUT2D eigenvalue weighted by molar-refractivity contribution is 5.79. The highest BCUT2D eigenvalue weighted by Crippen LogP contribution is 2.16. The van der Waals surface area contributed by atoms with E-state index in [4.69, 9.17) is 4.74 Å². The van der Waals surface area contributed by atoms with Crippen LogP contribution >= 0.6 is 0 Å². The Balaban J connectivity index is 2.45. The molecule has 0 fully saturated rings. The van der Waals surface area contributed by atoms with Crippen LogP contribution in [0.3, 0.4) is 0 Å². The molecule has 1 rings (SSSR count). The number of rotatable bonds is 5. The van der Waals surface area contributed by atoms with Crippen molar-refractivity contribution < 1.29 is 32.2 Å². The Morgan fingerprint density at radius 1 is 1.28 bits per heavy atom. The van der Waals surface area contributed by atoms with E-state index in [1.165, 1.54) is 12.1 Å². The van der Waals surface area contributed by atoms with Gasteiger partial charge in [0.1, 0.15) is 5.75 Å². The van der Waals surface area contributed by atoms with Crippen LogP contribution < -0.4 is 4.74 Å². The van der Waals surface area contributed by atoms with Crippen LogP contribution in [0.4, 0.5) is 13.2 Å². The first-order chi connectivity index (χ1) is 8.42. The molecule has 0 unspecified atom stereocenters. The van der Waals surface area contributed by atoms with Crippen molar-refractivity contribution in [1.82, 2.24) is 0 Å². The molecular weight excluding hydrogens is 253 g/mol. The van der Waals surface area contributed by atoms with Gasteiger partial charge in [0.05, 0.1) is 5.56 Å². The number of esters is 1. The normalized spacial score (nSPS) is 10.8. The van der Waals surface area contributed by atoms with E-state index in [1.54, 1.807) is 12.1 Å². The van der Waals surface area contributed by atoms with Crippen molar-refractivity contribution in [3.05, 3.63) is 29.8 Å². The zero-order valence-electron chi connectivity index (χ0n) is 9.07.